The first-order valence-corrected chi connectivity index (χ1v) is 18.7. The van der Waals surface area contributed by atoms with Crippen LogP contribution in [0.25, 0.3) is 0 Å². The summed E-state index contributed by atoms with van der Waals surface area (Å²) in [4.78, 5) is 29.9. The molecule has 0 aromatic carbocycles. The molecule has 4 saturated heterocycles. The Bertz CT molecular complexity index is 1250. The molecule has 0 unspecified atom stereocenters. The van der Waals surface area contributed by atoms with Crippen LogP contribution in [0.15, 0.2) is 0 Å². The number of esters is 1. The summed E-state index contributed by atoms with van der Waals surface area (Å²) in [5, 5.41) is 58.4. The monoisotopic (exact) mass is 747 g/mol. The van der Waals surface area contributed by atoms with Gasteiger partial charge in [0.1, 0.15) is 35.3 Å². The van der Waals surface area contributed by atoms with Gasteiger partial charge in [-0.3, -0.25) is 9.59 Å². The molecule has 15 nitrogen and oxygen atoms in total. The third-order valence-corrected chi connectivity index (χ3v) is 12.2. The molecule has 0 saturated carbocycles. The summed E-state index contributed by atoms with van der Waals surface area (Å²) >= 11 is 0. The number of nitrogens with zero attached hydrogens (tertiary/aromatic N) is 1. The second-order valence-electron chi connectivity index (χ2n) is 16.9. The van der Waals surface area contributed by atoms with Crippen LogP contribution in [-0.2, 0) is 42.7 Å². The SMILES string of the molecule is CO[C@]1(C)C[C@@]2(OCC[C@H]3OC(=O)[C@H](C)[C@@H](O2)[C@H](C)[C@@H](O[C@@H]2O[C@H](C)C[C@H](N(C)C)[C@H]2O)[C@](C)(O)C[C@@H](C)C(=O)[C@H](C)[C@@H](O)[C@]3(C)O)O[C@@H](C)[C@@H]1O. The Labute approximate surface area is 308 Å². The minimum atomic E-state index is -2.10. The number of ketones is 1. The number of aliphatic hydroxyl groups is 5. The minimum Gasteiger partial charge on any atom is -0.459 e. The van der Waals surface area contributed by atoms with Crippen molar-refractivity contribution < 1.29 is 68.3 Å². The van der Waals surface area contributed by atoms with Gasteiger partial charge in [0.2, 0.25) is 0 Å². The largest absolute Gasteiger partial charge is 0.459 e. The second kappa shape index (κ2) is 16.0. The highest BCUT2D eigenvalue weighted by Crippen LogP contribution is 2.45. The first-order valence-electron chi connectivity index (χ1n) is 18.7. The van der Waals surface area contributed by atoms with Gasteiger partial charge < -0.3 is 63.6 Å². The molecule has 0 aromatic rings. The van der Waals surface area contributed by atoms with Gasteiger partial charge in [-0.25, -0.2) is 0 Å². The predicted octanol–water partition coefficient (Wildman–Crippen LogP) is 1.12. The van der Waals surface area contributed by atoms with Crippen molar-refractivity contribution >= 4 is 11.8 Å². The smallest absolute Gasteiger partial charge is 0.311 e. The van der Waals surface area contributed by atoms with E-state index in [1.165, 1.54) is 27.9 Å². The molecule has 4 rings (SSSR count). The molecule has 1 spiro atoms. The number of ether oxygens (including phenoxy) is 7. The van der Waals surface area contributed by atoms with Crippen LogP contribution in [0.2, 0.25) is 0 Å². The normalized spacial score (nSPS) is 51.7. The van der Waals surface area contributed by atoms with E-state index in [9.17, 15) is 35.1 Å². The number of Topliss-reactive ketones (excluding diaryl/α,β-unsaturated/α-hetero) is 1. The quantitative estimate of drug-likeness (QED) is 0.256. The van der Waals surface area contributed by atoms with Crippen LogP contribution < -0.4 is 0 Å². The summed E-state index contributed by atoms with van der Waals surface area (Å²) in [7, 11) is 5.13. The first-order chi connectivity index (χ1) is 23.9. The van der Waals surface area contributed by atoms with E-state index in [1.807, 2.05) is 25.9 Å². The first kappa shape index (κ1) is 43.4. The minimum absolute atomic E-state index is 0.114. The third kappa shape index (κ3) is 8.56. The molecule has 18 atom stereocenters. The fourth-order valence-corrected chi connectivity index (χ4v) is 8.79. The average Bonchev–Trinajstić information content (AvgIpc) is 3.06. The average molecular weight is 748 g/mol. The van der Waals surface area contributed by atoms with Crippen LogP contribution in [0.5, 0.6) is 0 Å². The van der Waals surface area contributed by atoms with Crippen molar-refractivity contribution in [3.63, 3.8) is 0 Å². The third-order valence-electron chi connectivity index (χ3n) is 12.2. The number of hydrogen-bond acceptors (Lipinski definition) is 15. The molecule has 0 amide bonds. The van der Waals surface area contributed by atoms with Crippen LogP contribution in [0, 0.1) is 23.7 Å². The molecule has 0 radical (unpaired) electrons. The highest BCUT2D eigenvalue weighted by atomic mass is 16.9. The number of methoxy groups -OCH3 is 1. The van der Waals surface area contributed by atoms with E-state index < -0.39 is 107 Å². The van der Waals surface area contributed by atoms with Crippen molar-refractivity contribution in [1.29, 1.82) is 0 Å². The van der Waals surface area contributed by atoms with Gasteiger partial charge in [0.05, 0.1) is 55.1 Å². The summed E-state index contributed by atoms with van der Waals surface area (Å²) in [5.41, 5.74) is -5.17. The van der Waals surface area contributed by atoms with Gasteiger partial charge >= 0.3 is 5.97 Å². The summed E-state index contributed by atoms with van der Waals surface area (Å²) in [6, 6.07) is -0.342. The molecular weight excluding hydrogens is 682 g/mol. The molecule has 2 bridgehead atoms. The van der Waals surface area contributed by atoms with Gasteiger partial charge in [-0.2, -0.15) is 0 Å². The number of rotatable bonds is 4. The van der Waals surface area contributed by atoms with E-state index in [4.69, 9.17) is 33.2 Å². The van der Waals surface area contributed by atoms with Gasteiger partial charge in [0.15, 0.2) is 6.29 Å². The van der Waals surface area contributed by atoms with E-state index in [2.05, 4.69) is 0 Å². The predicted molar refractivity (Wildman–Crippen MR) is 185 cm³/mol. The van der Waals surface area contributed by atoms with Crippen molar-refractivity contribution in [3.8, 4) is 0 Å². The number of carbonyl (C=O) groups is 2. The second-order valence-corrected chi connectivity index (χ2v) is 16.9. The summed E-state index contributed by atoms with van der Waals surface area (Å²) in [6.45, 7) is 14.2. The Morgan fingerprint density at radius 2 is 1.54 bits per heavy atom. The number of aliphatic hydroxyl groups excluding tert-OH is 3. The highest BCUT2D eigenvalue weighted by Gasteiger charge is 2.59. The molecule has 4 aliphatic heterocycles. The number of carbonyl (C=O) groups excluding carboxylic acids is 2. The molecule has 4 fully saturated rings. The van der Waals surface area contributed by atoms with Crippen molar-refractivity contribution in [2.45, 2.75) is 172 Å². The van der Waals surface area contributed by atoms with Gasteiger partial charge in [0.25, 0.3) is 5.97 Å². The highest BCUT2D eigenvalue weighted by molar-refractivity contribution is 5.83. The van der Waals surface area contributed by atoms with Crippen LogP contribution in [-0.4, -0.2) is 154 Å². The van der Waals surface area contributed by atoms with Crippen LogP contribution >= 0.6 is 0 Å². The Balaban J connectivity index is 1.92. The molecular formula is C37H65NO14. The molecule has 15 heteroatoms. The van der Waals surface area contributed by atoms with Crippen molar-refractivity contribution in [3.05, 3.63) is 0 Å². The summed E-state index contributed by atoms with van der Waals surface area (Å²) in [5.74, 6) is -7.16. The van der Waals surface area contributed by atoms with Gasteiger partial charge in [-0.15, -0.1) is 0 Å². The van der Waals surface area contributed by atoms with Gasteiger partial charge in [0, 0.05) is 37.3 Å². The Morgan fingerprint density at radius 3 is 2.13 bits per heavy atom. The molecule has 4 heterocycles. The van der Waals surface area contributed by atoms with Crippen molar-refractivity contribution in [2.75, 3.05) is 27.8 Å². The van der Waals surface area contributed by atoms with E-state index in [0.717, 1.165) is 0 Å². The lowest BCUT2D eigenvalue weighted by atomic mass is 9.74. The van der Waals surface area contributed by atoms with E-state index in [1.54, 1.807) is 34.6 Å². The Hall–Kier alpha value is -1.34. The maximum atomic E-state index is 14.2. The zero-order valence-electron chi connectivity index (χ0n) is 33.0. The van der Waals surface area contributed by atoms with Crippen molar-refractivity contribution in [2.24, 2.45) is 23.7 Å². The van der Waals surface area contributed by atoms with Crippen LogP contribution in [0.1, 0.15) is 88.0 Å². The molecule has 0 aromatic heterocycles. The topological polar surface area (TPSA) is 203 Å². The zero-order valence-corrected chi connectivity index (χ0v) is 33.0. The van der Waals surface area contributed by atoms with Crippen molar-refractivity contribution in [1.82, 2.24) is 4.90 Å². The standard InChI is InChI=1S/C37H65NO14/c1-18-16-34(7,44)31(50-33-27(40)24(38(10)11)15-19(2)48-33)21(4)28-22(5)32(43)49-25(36(9,45)29(41)20(3)26(18)39)13-14-47-37(52-28)17-35(8,46-12)30(42)23(6)51-37/h18-25,27-31,33,40-42,44-45H,13-17H2,1-12H3/t18-,19-,20+,21+,22-,23+,24+,25-,27-,28+,29-,30+,31-,33+,34-,35-,36-,37-/m1/s1. The van der Waals surface area contributed by atoms with Crippen LogP contribution in [0.4, 0.5) is 0 Å². The van der Waals surface area contributed by atoms with E-state index in [-0.39, 0.29) is 38.0 Å². The number of likely N-dealkylation sites (N-methyl/N-ethyl adjacent to an activating group) is 1. The maximum absolute atomic E-state index is 14.2. The molecule has 0 aliphatic carbocycles. The summed E-state index contributed by atoms with van der Waals surface area (Å²) in [6.07, 6.45) is -9.99. The summed E-state index contributed by atoms with van der Waals surface area (Å²) < 4.78 is 44.0. The van der Waals surface area contributed by atoms with Gasteiger partial charge in [-0.05, 0) is 68.5 Å². The molecule has 52 heavy (non-hydrogen) atoms. The Morgan fingerprint density at radius 1 is 0.904 bits per heavy atom. The molecule has 302 valence electrons. The van der Waals surface area contributed by atoms with E-state index in [0.29, 0.717) is 6.42 Å². The fraction of sp³-hybridized carbons (Fsp3) is 0.946. The molecule has 4 aliphatic rings. The Kier molecular flexibility index (Phi) is 13.4. The zero-order chi connectivity index (χ0) is 39.3. The lowest BCUT2D eigenvalue weighted by Crippen LogP contribution is -2.65. The lowest BCUT2D eigenvalue weighted by molar-refractivity contribution is -0.455. The molecule has 5 N–H and O–H groups in total. The fourth-order valence-electron chi connectivity index (χ4n) is 8.79. The number of fused-ring (bicyclic) bond motifs is 4. The lowest BCUT2D eigenvalue weighted by Gasteiger charge is -2.53. The maximum Gasteiger partial charge on any atom is 0.311 e. The number of hydrogen-bond donors (Lipinski definition) is 5. The van der Waals surface area contributed by atoms with E-state index >= 15 is 0 Å². The van der Waals surface area contributed by atoms with Gasteiger partial charge in [-0.1, -0.05) is 20.8 Å². The van der Waals surface area contributed by atoms with Crippen LogP contribution in [0.3, 0.4) is 0 Å².